The summed E-state index contributed by atoms with van der Waals surface area (Å²) in [5.41, 5.74) is 3.62. The molecule has 8 heteroatoms. The predicted octanol–water partition coefficient (Wildman–Crippen LogP) is 5.78. The monoisotopic (exact) mass is 577 g/mol. The van der Waals surface area contributed by atoms with Gasteiger partial charge < -0.3 is 10.2 Å². The van der Waals surface area contributed by atoms with Gasteiger partial charge in [0.2, 0.25) is 11.8 Å². The Morgan fingerprint density at radius 2 is 1.41 bits per heavy atom. The first-order valence-corrected chi connectivity index (χ1v) is 15.5. The van der Waals surface area contributed by atoms with E-state index < -0.39 is 34.1 Å². The topological polar surface area (TPSA) is 86.8 Å². The van der Waals surface area contributed by atoms with E-state index >= 15 is 0 Å². The number of benzene rings is 3. The average molecular weight is 578 g/mol. The maximum absolute atomic E-state index is 14.2. The zero-order chi connectivity index (χ0) is 30.4. The van der Waals surface area contributed by atoms with Gasteiger partial charge in [-0.2, -0.15) is 0 Å². The minimum absolute atomic E-state index is 0.101. The van der Waals surface area contributed by atoms with E-state index in [9.17, 15) is 18.0 Å². The van der Waals surface area contributed by atoms with Crippen LogP contribution in [-0.2, 0) is 32.6 Å². The van der Waals surface area contributed by atoms with Crippen LogP contribution in [0.1, 0.15) is 63.3 Å². The number of carbonyl (C=O) groups is 2. The lowest BCUT2D eigenvalue weighted by atomic mass is 10.1. The number of rotatable bonds is 11. The quantitative estimate of drug-likeness (QED) is 0.313. The second kappa shape index (κ2) is 13.3. The summed E-state index contributed by atoms with van der Waals surface area (Å²) >= 11 is 0. The van der Waals surface area contributed by atoms with Crippen molar-refractivity contribution in [1.82, 2.24) is 10.2 Å². The van der Waals surface area contributed by atoms with E-state index in [4.69, 9.17) is 0 Å². The second-order valence-electron chi connectivity index (χ2n) is 11.5. The molecule has 0 fully saturated rings. The van der Waals surface area contributed by atoms with Crippen LogP contribution in [0.2, 0.25) is 0 Å². The lowest BCUT2D eigenvalue weighted by molar-refractivity contribution is -0.141. The summed E-state index contributed by atoms with van der Waals surface area (Å²) in [6, 6.07) is 20.8. The molecule has 220 valence electrons. The Balaban J connectivity index is 2.10. The number of aryl methyl sites for hydroxylation is 3. The third-order valence-electron chi connectivity index (χ3n) is 6.89. The molecule has 3 aromatic rings. The number of sulfonamides is 1. The molecular formula is C33H43N3O4S. The number of nitrogens with one attached hydrogen (secondary N) is 1. The molecule has 0 saturated heterocycles. The molecule has 0 bridgehead atoms. The maximum Gasteiger partial charge on any atom is 0.264 e. The largest absolute Gasteiger partial charge is 0.350 e. The fourth-order valence-corrected chi connectivity index (χ4v) is 6.12. The minimum Gasteiger partial charge on any atom is -0.350 e. The molecule has 1 atom stereocenters. The third kappa shape index (κ3) is 8.19. The smallest absolute Gasteiger partial charge is 0.264 e. The van der Waals surface area contributed by atoms with E-state index in [2.05, 4.69) is 5.32 Å². The first-order chi connectivity index (χ1) is 19.3. The number of para-hydroxylation sites is 1. The number of hydrogen-bond acceptors (Lipinski definition) is 4. The van der Waals surface area contributed by atoms with E-state index in [-0.39, 0.29) is 17.3 Å². The van der Waals surface area contributed by atoms with Gasteiger partial charge in [-0.05, 0) is 76.8 Å². The summed E-state index contributed by atoms with van der Waals surface area (Å²) in [6.07, 6.45) is 0.957. The van der Waals surface area contributed by atoms with Crippen LogP contribution in [0.25, 0.3) is 0 Å². The Labute approximate surface area is 245 Å². The molecule has 1 N–H and O–H groups in total. The zero-order valence-electron chi connectivity index (χ0n) is 25.3. The first kappa shape index (κ1) is 31.9. The normalized spacial score (nSPS) is 12.5. The summed E-state index contributed by atoms with van der Waals surface area (Å²) in [6.45, 7) is 13.1. The molecule has 0 aliphatic rings. The summed E-state index contributed by atoms with van der Waals surface area (Å²) < 4.78 is 29.4. The molecule has 0 aliphatic carbocycles. The van der Waals surface area contributed by atoms with Crippen LogP contribution in [0.3, 0.4) is 0 Å². The van der Waals surface area contributed by atoms with Crippen molar-refractivity contribution in [1.29, 1.82) is 0 Å². The highest BCUT2D eigenvalue weighted by molar-refractivity contribution is 7.92. The molecule has 0 unspecified atom stereocenters. The van der Waals surface area contributed by atoms with Crippen LogP contribution >= 0.6 is 0 Å². The SMILES string of the molecule is CCc1ccccc1N(CC(=O)N(Cc1ccc(C)cc1)[C@H](CC)C(=O)NC(C)(C)C)S(=O)(=O)c1ccc(C)cc1. The lowest BCUT2D eigenvalue weighted by Crippen LogP contribution is -2.55. The molecular weight excluding hydrogens is 534 g/mol. The minimum atomic E-state index is -4.11. The predicted molar refractivity (Wildman–Crippen MR) is 165 cm³/mol. The molecule has 0 heterocycles. The number of nitrogens with zero attached hydrogens (tertiary/aromatic N) is 2. The molecule has 2 amide bonds. The van der Waals surface area contributed by atoms with Gasteiger partial charge in [0, 0.05) is 12.1 Å². The summed E-state index contributed by atoms with van der Waals surface area (Å²) in [4.78, 5) is 29.3. The number of carbonyl (C=O) groups excluding carboxylic acids is 2. The van der Waals surface area contributed by atoms with Gasteiger partial charge in [-0.15, -0.1) is 0 Å². The van der Waals surface area contributed by atoms with Gasteiger partial charge >= 0.3 is 0 Å². The molecule has 7 nitrogen and oxygen atoms in total. The Morgan fingerprint density at radius 1 is 0.854 bits per heavy atom. The van der Waals surface area contributed by atoms with Crippen LogP contribution in [0.5, 0.6) is 0 Å². The highest BCUT2D eigenvalue weighted by Crippen LogP contribution is 2.28. The molecule has 3 rings (SSSR count). The standard InChI is InChI=1S/C33H43N3O4S/c1-8-27-12-10-11-13-30(27)36(41(39,40)28-20-16-25(4)17-21-28)23-31(37)35(22-26-18-14-24(3)15-19-26)29(9-2)32(38)34-33(5,6)7/h10-21,29H,8-9,22-23H2,1-7H3,(H,34,38)/t29-/m1/s1. The van der Waals surface area contributed by atoms with E-state index in [0.717, 1.165) is 22.3 Å². The molecule has 0 saturated carbocycles. The van der Waals surface area contributed by atoms with Gasteiger partial charge in [0.1, 0.15) is 12.6 Å². The average Bonchev–Trinajstić information content (AvgIpc) is 2.91. The lowest BCUT2D eigenvalue weighted by Gasteiger charge is -2.35. The van der Waals surface area contributed by atoms with Crippen molar-refractivity contribution < 1.29 is 18.0 Å². The Hall–Kier alpha value is -3.65. The Bertz CT molecular complexity index is 1440. The fourth-order valence-electron chi connectivity index (χ4n) is 4.67. The van der Waals surface area contributed by atoms with E-state index in [1.807, 2.05) is 84.9 Å². The second-order valence-corrected chi connectivity index (χ2v) is 13.3. The van der Waals surface area contributed by atoms with Crippen molar-refractivity contribution in [2.45, 2.75) is 84.3 Å². The molecule has 41 heavy (non-hydrogen) atoms. The van der Waals surface area contributed by atoms with Gasteiger partial charge in [0.25, 0.3) is 10.0 Å². The number of amides is 2. The van der Waals surface area contributed by atoms with Crippen molar-refractivity contribution in [3.8, 4) is 0 Å². The van der Waals surface area contributed by atoms with Crippen LogP contribution < -0.4 is 9.62 Å². The summed E-state index contributed by atoms with van der Waals surface area (Å²) in [5, 5.41) is 3.00. The fraction of sp³-hybridized carbons (Fsp3) is 0.394. The van der Waals surface area contributed by atoms with Crippen molar-refractivity contribution in [2.24, 2.45) is 0 Å². The van der Waals surface area contributed by atoms with Crippen molar-refractivity contribution in [3.05, 3.63) is 95.1 Å². The molecule has 3 aromatic carbocycles. The molecule has 0 aromatic heterocycles. The van der Waals surface area contributed by atoms with Crippen LogP contribution in [0.15, 0.2) is 77.7 Å². The first-order valence-electron chi connectivity index (χ1n) is 14.1. The van der Waals surface area contributed by atoms with Gasteiger partial charge in [-0.25, -0.2) is 8.42 Å². The Morgan fingerprint density at radius 3 is 1.95 bits per heavy atom. The van der Waals surface area contributed by atoms with Gasteiger partial charge in [-0.1, -0.05) is 79.6 Å². The maximum atomic E-state index is 14.2. The third-order valence-corrected chi connectivity index (χ3v) is 8.66. The van der Waals surface area contributed by atoms with Crippen molar-refractivity contribution >= 4 is 27.5 Å². The van der Waals surface area contributed by atoms with Crippen molar-refractivity contribution in [3.63, 3.8) is 0 Å². The summed E-state index contributed by atoms with van der Waals surface area (Å²) in [7, 11) is -4.11. The van der Waals surface area contributed by atoms with Gasteiger partial charge in [0.15, 0.2) is 0 Å². The van der Waals surface area contributed by atoms with Gasteiger partial charge in [0.05, 0.1) is 10.6 Å². The van der Waals surface area contributed by atoms with Crippen LogP contribution in [0.4, 0.5) is 5.69 Å². The number of anilines is 1. The number of hydrogen-bond donors (Lipinski definition) is 1. The van der Waals surface area contributed by atoms with E-state index in [0.29, 0.717) is 18.5 Å². The Kier molecular flexibility index (Phi) is 10.4. The highest BCUT2D eigenvalue weighted by atomic mass is 32.2. The highest BCUT2D eigenvalue weighted by Gasteiger charge is 2.35. The molecule has 0 aliphatic heterocycles. The van der Waals surface area contributed by atoms with Crippen LogP contribution in [0, 0.1) is 13.8 Å². The zero-order valence-corrected chi connectivity index (χ0v) is 26.1. The van der Waals surface area contributed by atoms with E-state index in [1.54, 1.807) is 36.4 Å². The summed E-state index contributed by atoms with van der Waals surface area (Å²) in [5.74, 6) is -0.731. The van der Waals surface area contributed by atoms with E-state index in [1.165, 1.54) is 9.21 Å². The molecule has 0 spiro atoms. The van der Waals surface area contributed by atoms with Crippen molar-refractivity contribution in [2.75, 3.05) is 10.8 Å². The van der Waals surface area contributed by atoms with Gasteiger partial charge in [-0.3, -0.25) is 13.9 Å². The molecule has 0 radical (unpaired) electrons. The van der Waals surface area contributed by atoms with Crippen LogP contribution in [-0.4, -0.2) is 43.3 Å².